The molecule has 246 valence electrons. The maximum atomic E-state index is 13.8. The zero-order chi connectivity index (χ0) is 32.1. The quantitative estimate of drug-likeness (QED) is 0.308. The average molecular weight is 650 g/mol. The third kappa shape index (κ3) is 7.97. The van der Waals surface area contributed by atoms with Crippen LogP contribution < -0.4 is 24.8 Å². The molecule has 2 amide bonds. The van der Waals surface area contributed by atoms with Crippen LogP contribution in [0.4, 0.5) is 9.59 Å². The van der Waals surface area contributed by atoms with Gasteiger partial charge in [0.15, 0.2) is 17.8 Å². The summed E-state index contributed by atoms with van der Waals surface area (Å²) < 4.78 is 61.5. The molecule has 0 unspecified atom stereocenters. The number of aliphatic hydroxyl groups excluding tert-OH is 1. The summed E-state index contributed by atoms with van der Waals surface area (Å²) in [6, 6.07) is 9.94. The van der Waals surface area contributed by atoms with Crippen LogP contribution in [-0.4, -0.2) is 94.7 Å². The monoisotopic (exact) mass is 649 g/mol. The van der Waals surface area contributed by atoms with Crippen LogP contribution in [0.2, 0.25) is 0 Å². The molecule has 2 aromatic carbocycles. The van der Waals surface area contributed by atoms with E-state index in [4.69, 9.17) is 28.4 Å². The number of amides is 2. The van der Waals surface area contributed by atoms with Gasteiger partial charge in [-0.1, -0.05) is 26.0 Å². The molecule has 2 fully saturated rings. The first kappa shape index (κ1) is 32.8. The number of ether oxygens (including phenoxy) is 6. The first-order chi connectivity index (χ1) is 21.5. The van der Waals surface area contributed by atoms with Crippen LogP contribution >= 0.6 is 0 Å². The Hall–Kier alpha value is -3.63. The van der Waals surface area contributed by atoms with Gasteiger partial charge in [-0.3, -0.25) is 0 Å². The number of fused-ring (bicyclic) bond motifs is 2. The first-order valence-corrected chi connectivity index (χ1v) is 16.2. The van der Waals surface area contributed by atoms with E-state index in [1.165, 1.54) is 29.6 Å². The minimum atomic E-state index is -4.09. The molecule has 0 saturated carbocycles. The second-order valence-corrected chi connectivity index (χ2v) is 13.4. The second-order valence-electron chi connectivity index (χ2n) is 11.5. The van der Waals surface area contributed by atoms with Gasteiger partial charge in [0, 0.05) is 26.2 Å². The van der Waals surface area contributed by atoms with Crippen LogP contribution in [0.3, 0.4) is 0 Å². The van der Waals surface area contributed by atoms with Crippen molar-refractivity contribution in [1.82, 2.24) is 14.9 Å². The molecular formula is C30H39N3O11S. The Morgan fingerprint density at radius 3 is 2.53 bits per heavy atom. The van der Waals surface area contributed by atoms with Crippen molar-refractivity contribution >= 4 is 22.2 Å². The standard InChI is InChI=1S/C30H39N3O11S/c1-18(2)14-33(45(37,38)21-8-9-25-26(13-21)42-17-41-25)15-24(34)23(12-19-4-6-20(7-5-19)43-29(35)31-3)32-30(36)44-27-16-40-28-22(27)10-11-39-28/h4-9,13,18,22-24,27-28,34H,10-12,14-17H2,1-3H3,(H,31,35)(H,32,36)/t22-,23-,24+,27-,28+/m0/s1. The lowest BCUT2D eigenvalue weighted by molar-refractivity contribution is -0.0907. The fraction of sp³-hybridized carbons (Fsp3) is 0.533. The van der Waals surface area contributed by atoms with Gasteiger partial charge in [-0.15, -0.1) is 0 Å². The molecule has 14 nitrogen and oxygen atoms in total. The van der Waals surface area contributed by atoms with Crippen molar-refractivity contribution < 1.29 is 51.5 Å². The molecule has 5 rings (SSSR count). The minimum Gasteiger partial charge on any atom is -0.454 e. The Balaban J connectivity index is 1.34. The maximum absolute atomic E-state index is 13.8. The number of nitrogens with one attached hydrogen (secondary N) is 2. The Labute approximate surface area is 261 Å². The lowest BCUT2D eigenvalue weighted by Gasteiger charge is -2.31. The topological polar surface area (TPSA) is 171 Å². The van der Waals surface area contributed by atoms with Gasteiger partial charge in [-0.2, -0.15) is 4.31 Å². The second kappa shape index (κ2) is 14.2. The Kier molecular flexibility index (Phi) is 10.3. The molecule has 0 spiro atoms. The van der Waals surface area contributed by atoms with Gasteiger partial charge < -0.3 is 44.2 Å². The third-order valence-electron chi connectivity index (χ3n) is 7.75. The van der Waals surface area contributed by atoms with Crippen LogP contribution in [0.5, 0.6) is 17.2 Å². The highest BCUT2D eigenvalue weighted by atomic mass is 32.2. The number of hydrogen-bond acceptors (Lipinski definition) is 11. The highest BCUT2D eigenvalue weighted by Crippen LogP contribution is 2.35. The van der Waals surface area contributed by atoms with E-state index in [0.717, 1.165) is 0 Å². The molecule has 2 saturated heterocycles. The van der Waals surface area contributed by atoms with Crippen LogP contribution in [0, 0.1) is 11.8 Å². The van der Waals surface area contributed by atoms with E-state index in [2.05, 4.69) is 10.6 Å². The molecule has 45 heavy (non-hydrogen) atoms. The molecule has 15 heteroatoms. The van der Waals surface area contributed by atoms with Gasteiger partial charge in [0.25, 0.3) is 0 Å². The van der Waals surface area contributed by atoms with Gasteiger partial charge in [0.1, 0.15) is 11.9 Å². The molecule has 0 radical (unpaired) electrons. The highest BCUT2D eigenvalue weighted by Gasteiger charge is 2.44. The fourth-order valence-electron chi connectivity index (χ4n) is 5.46. The summed E-state index contributed by atoms with van der Waals surface area (Å²) in [6.45, 7) is 4.24. The van der Waals surface area contributed by atoms with Crippen molar-refractivity contribution in [3.05, 3.63) is 48.0 Å². The van der Waals surface area contributed by atoms with Gasteiger partial charge in [0.05, 0.1) is 36.2 Å². The fourth-order valence-corrected chi connectivity index (χ4v) is 7.10. The molecule has 3 heterocycles. The number of alkyl carbamates (subject to hydrolysis) is 1. The van der Waals surface area contributed by atoms with Crippen LogP contribution in [0.1, 0.15) is 25.8 Å². The summed E-state index contributed by atoms with van der Waals surface area (Å²) in [7, 11) is -2.64. The van der Waals surface area contributed by atoms with Crippen molar-refractivity contribution in [2.45, 2.75) is 56.1 Å². The van der Waals surface area contributed by atoms with E-state index in [1.807, 2.05) is 13.8 Å². The minimum absolute atomic E-state index is 0.00296. The molecule has 0 aliphatic carbocycles. The number of carbonyl (C=O) groups excluding carboxylic acids is 2. The number of nitrogens with zero attached hydrogens (tertiary/aromatic N) is 1. The Morgan fingerprint density at radius 1 is 1.04 bits per heavy atom. The van der Waals surface area contributed by atoms with E-state index in [1.54, 1.807) is 24.3 Å². The van der Waals surface area contributed by atoms with E-state index in [0.29, 0.717) is 35.8 Å². The van der Waals surface area contributed by atoms with E-state index in [9.17, 15) is 23.1 Å². The summed E-state index contributed by atoms with van der Waals surface area (Å²) in [5, 5.41) is 16.7. The van der Waals surface area contributed by atoms with Crippen molar-refractivity contribution in [2.24, 2.45) is 11.8 Å². The summed E-state index contributed by atoms with van der Waals surface area (Å²) >= 11 is 0. The largest absolute Gasteiger partial charge is 0.454 e. The van der Waals surface area contributed by atoms with Gasteiger partial charge in [-0.05, 0) is 48.6 Å². The molecular weight excluding hydrogens is 610 g/mol. The lowest BCUT2D eigenvalue weighted by Crippen LogP contribution is -2.51. The number of rotatable bonds is 12. The highest BCUT2D eigenvalue weighted by molar-refractivity contribution is 7.89. The normalized spacial score (nSPS) is 21.8. The zero-order valence-corrected chi connectivity index (χ0v) is 26.2. The van der Waals surface area contributed by atoms with Gasteiger partial charge >= 0.3 is 12.2 Å². The summed E-state index contributed by atoms with van der Waals surface area (Å²) in [5.41, 5.74) is 0.686. The van der Waals surface area contributed by atoms with E-state index >= 15 is 0 Å². The van der Waals surface area contributed by atoms with E-state index < -0.39 is 46.7 Å². The van der Waals surface area contributed by atoms with Crippen molar-refractivity contribution in [2.75, 3.05) is 40.1 Å². The number of sulfonamides is 1. The van der Waals surface area contributed by atoms with Crippen LogP contribution in [0.15, 0.2) is 47.4 Å². The molecule has 0 aromatic heterocycles. The first-order valence-electron chi connectivity index (χ1n) is 14.8. The molecule has 0 bridgehead atoms. The molecule has 5 atom stereocenters. The number of benzene rings is 2. The van der Waals surface area contributed by atoms with Crippen LogP contribution in [-0.2, 0) is 30.7 Å². The van der Waals surface area contributed by atoms with Crippen molar-refractivity contribution in [1.29, 1.82) is 0 Å². The maximum Gasteiger partial charge on any atom is 0.412 e. The SMILES string of the molecule is CNC(=O)Oc1ccc(C[C@H](NC(=O)O[C@H]2CO[C@H]3OCC[C@H]32)[C@H](O)CN(CC(C)C)S(=O)(=O)c2ccc3c(c2)OCO3)cc1. The van der Waals surface area contributed by atoms with Crippen molar-refractivity contribution in [3.8, 4) is 17.2 Å². The predicted molar refractivity (Wildman–Crippen MR) is 158 cm³/mol. The summed E-state index contributed by atoms with van der Waals surface area (Å²) in [5.74, 6) is 0.907. The molecule has 3 aliphatic rings. The Bertz CT molecular complexity index is 1450. The molecule has 3 aliphatic heterocycles. The van der Waals surface area contributed by atoms with Crippen LogP contribution in [0.25, 0.3) is 0 Å². The third-order valence-corrected chi connectivity index (χ3v) is 9.57. The summed E-state index contributed by atoms with van der Waals surface area (Å²) in [6.07, 6.45) is -2.85. The smallest absolute Gasteiger partial charge is 0.412 e. The van der Waals surface area contributed by atoms with E-state index in [-0.39, 0.29) is 49.6 Å². The average Bonchev–Trinajstić information content (AvgIpc) is 3.75. The number of aliphatic hydroxyl groups is 1. The summed E-state index contributed by atoms with van der Waals surface area (Å²) in [4.78, 5) is 24.7. The Morgan fingerprint density at radius 2 is 1.80 bits per heavy atom. The number of carbonyl (C=O) groups is 2. The van der Waals surface area contributed by atoms with Gasteiger partial charge in [-0.25, -0.2) is 18.0 Å². The number of hydrogen-bond donors (Lipinski definition) is 3. The molecule has 2 aromatic rings. The predicted octanol–water partition coefficient (Wildman–Crippen LogP) is 2.24. The molecule has 3 N–H and O–H groups in total. The van der Waals surface area contributed by atoms with Gasteiger partial charge in [0.2, 0.25) is 16.8 Å². The zero-order valence-electron chi connectivity index (χ0n) is 25.3. The lowest BCUT2D eigenvalue weighted by atomic mass is 10.0. The van der Waals surface area contributed by atoms with Crippen molar-refractivity contribution in [3.63, 3.8) is 0 Å².